The van der Waals surface area contributed by atoms with E-state index in [1.807, 2.05) is 82.3 Å². The molecule has 0 amide bonds. The number of unbranched alkanes of at least 4 members (excludes halogenated alkanes) is 7. The predicted molar refractivity (Wildman–Crippen MR) is 238 cm³/mol. The van der Waals surface area contributed by atoms with Crippen LogP contribution in [0.5, 0.6) is 0 Å². The third-order valence-corrected chi connectivity index (χ3v) is 20.6. The third-order valence-electron chi connectivity index (χ3n) is 8.71. The van der Waals surface area contributed by atoms with Crippen LogP contribution < -0.4 is 0 Å². The van der Waals surface area contributed by atoms with Gasteiger partial charge in [-0.05, 0) is 74.4 Å². The van der Waals surface area contributed by atoms with Gasteiger partial charge in [-0.15, -0.1) is 47.0 Å². The lowest BCUT2D eigenvalue weighted by molar-refractivity contribution is 0.588. The minimum absolute atomic E-state index is 0.976. The lowest BCUT2D eigenvalue weighted by atomic mass is 9.88. The highest BCUT2D eigenvalue weighted by Gasteiger charge is 2.31. The van der Waals surface area contributed by atoms with Crippen molar-refractivity contribution in [3.05, 3.63) is 109 Å². The van der Waals surface area contributed by atoms with Gasteiger partial charge in [0, 0.05) is 11.5 Å². The molecule has 48 heavy (non-hydrogen) atoms. The molecule has 0 unspecified atom stereocenters. The van der Waals surface area contributed by atoms with Crippen LogP contribution in [0, 0.1) is 0 Å². The molecule has 3 heterocycles. The summed E-state index contributed by atoms with van der Waals surface area (Å²) in [4.78, 5) is 0. The molecule has 3 aliphatic heterocycles. The first-order valence-corrected chi connectivity index (χ1v) is 24.8. The topological polar surface area (TPSA) is 0 Å². The predicted octanol–water partition coefficient (Wildman–Crippen LogP) is 15.6. The number of fused-ring (bicyclic) bond motifs is 7. The second-order valence-electron chi connectivity index (χ2n) is 12.0. The molecule has 3 aliphatic rings. The summed E-state index contributed by atoms with van der Waals surface area (Å²) in [6, 6.07) is 27.3. The molecule has 9 heteroatoms. The molecule has 0 N–H and O–H groups in total. The molecule has 7 rings (SSSR count). The van der Waals surface area contributed by atoms with Crippen LogP contribution in [-0.2, 0) is 11.5 Å². The maximum absolute atomic E-state index is 4.33. The van der Waals surface area contributed by atoms with E-state index in [2.05, 4.69) is 103 Å². The Bertz CT molecular complexity index is 1770. The molecule has 0 aliphatic carbocycles. The van der Waals surface area contributed by atoms with Gasteiger partial charge >= 0.3 is 0 Å². The van der Waals surface area contributed by atoms with Crippen molar-refractivity contribution in [1.29, 1.82) is 0 Å². The summed E-state index contributed by atoms with van der Waals surface area (Å²) in [7, 11) is 0. The standard InChI is InChI=1S/C39H40S9/c1-41-34-35(42-23-13-7-5-3-2-4-6-12-22-40)46-38(45-34)39-47-36-37(48-39)44-25-29-21-19-27-15-9-11-17-31(27)33(29)32-28(24-43-36)20-18-26-14-8-10-16-30(26)32/h8-11,14-21,40H,2-7,12-13,22-25H2,1H3. The summed E-state index contributed by atoms with van der Waals surface area (Å²) in [5.74, 6) is 4.22. The molecule has 0 saturated heterocycles. The van der Waals surface area contributed by atoms with Crippen molar-refractivity contribution >= 4 is 128 Å². The number of hydrogen-bond donors (Lipinski definition) is 1. The number of hydrogen-bond acceptors (Lipinski definition) is 9. The van der Waals surface area contributed by atoms with E-state index in [1.165, 1.54) is 126 Å². The minimum atomic E-state index is 0.976. The van der Waals surface area contributed by atoms with Crippen molar-refractivity contribution in [2.75, 3.05) is 17.8 Å². The first kappa shape index (κ1) is 36.1. The van der Waals surface area contributed by atoms with Gasteiger partial charge in [-0.3, -0.25) is 0 Å². The van der Waals surface area contributed by atoms with Crippen molar-refractivity contribution in [2.24, 2.45) is 0 Å². The first-order chi connectivity index (χ1) is 23.7. The van der Waals surface area contributed by atoms with E-state index in [9.17, 15) is 0 Å². The molecule has 0 nitrogen and oxygen atoms in total. The van der Waals surface area contributed by atoms with Gasteiger partial charge in [0.25, 0.3) is 0 Å². The van der Waals surface area contributed by atoms with Crippen LogP contribution in [0.2, 0.25) is 0 Å². The van der Waals surface area contributed by atoms with Crippen molar-refractivity contribution in [1.82, 2.24) is 0 Å². The van der Waals surface area contributed by atoms with Gasteiger partial charge < -0.3 is 0 Å². The molecule has 250 valence electrons. The second-order valence-corrected chi connectivity index (χ2v) is 21.9. The van der Waals surface area contributed by atoms with E-state index in [-0.39, 0.29) is 0 Å². The van der Waals surface area contributed by atoms with Crippen molar-refractivity contribution in [3.8, 4) is 11.1 Å². The summed E-state index contributed by atoms with van der Waals surface area (Å²) in [6.07, 6.45) is 13.1. The fraction of sp³-hybridized carbons (Fsp3) is 0.333. The molecule has 0 aromatic heterocycles. The van der Waals surface area contributed by atoms with Gasteiger partial charge in [0.1, 0.15) is 0 Å². The highest BCUT2D eigenvalue weighted by Crippen LogP contribution is 2.66. The second kappa shape index (κ2) is 18.0. The Labute approximate surface area is 326 Å². The van der Waals surface area contributed by atoms with E-state index in [1.54, 1.807) is 0 Å². The quantitative estimate of drug-likeness (QED) is 0.110. The van der Waals surface area contributed by atoms with Crippen LogP contribution in [0.1, 0.15) is 62.5 Å². The van der Waals surface area contributed by atoms with Crippen molar-refractivity contribution < 1.29 is 0 Å². The highest BCUT2D eigenvalue weighted by atomic mass is 32.3. The summed E-state index contributed by atoms with van der Waals surface area (Å²) in [5.41, 5.74) is 5.72. The summed E-state index contributed by atoms with van der Waals surface area (Å²) in [6.45, 7) is 0. The Kier molecular flexibility index (Phi) is 13.6. The Hall–Kier alpha value is -0.230. The lowest BCUT2D eigenvalue weighted by Crippen LogP contribution is -1.97. The Morgan fingerprint density at radius 1 is 0.542 bits per heavy atom. The van der Waals surface area contributed by atoms with Gasteiger partial charge in [-0.2, -0.15) is 12.6 Å². The molecule has 0 bridgehead atoms. The average Bonchev–Trinajstić information content (AvgIpc) is 3.74. The minimum Gasteiger partial charge on any atom is -0.179 e. The Morgan fingerprint density at radius 2 is 1.04 bits per heavy atom. The Balaban J connectivity index is 1.06. The smallest absolute Gasteiger partial charge is 0.0717 e. The van der Waals surface area contributed by atoms with E-state index < -0.39 is 0 Å². The number of rotatable bonds is 12. The van der Waals surface area contributed by atoms with Gasteiger partial charge in [0.15, 0.2) is 0 Å². The average molecular weight is 797 g/mol. The molecular formula is C39H40S9. The molecule has 0 fully saturated rings. The summed E-state index contributed by atoms with van der Waals surface area (Å²) < 4.78 is 8.95. The van der Waals surface area contributed by atoms with Crippen LogP contribution in [0.4, 0.5) is 0 Å². The van der Waals surface area contributed by atoms with Crippen molar-refractivity contribution in [2.45, 2.75) is 62.9 Å². The lowest BCUT2D eigenvalue weighted by Gasteiger charge is -2.20. The number of thiol groups is 1. The van der Waals surface area contributed by atoms with E-state index >= 15 is 0 Å². The van der Waals surface area contributed by atoms with Crippen molar-refractivity contribution in [3.63, 3.8) is 0 Å². The molecule has 0 radical (unpaired) electrons. The van der Waals surface area contributed by atoms with Crippen LogP contribution in [-0.4, -0.2) is 17.8 Å². The summed E-state index contributed by atoms with van der Waals surface area (Å²) in [5, 5.41) is 5.37. The fourth-order valence-corrected chi connectivity index (χ4v) is 18.1. The van der Waals surface area contributed by atoms with Crippen LogP contribution in [0.15, 0.2) is 98.2 Å². The molecular weight excluding hydrogens is 757 g/mol. The third kappa shape index (κ3) is 8.52. The van der Waals surface area contributed by atoms with Gasteiger partial charge in [0.05, 0.1) is 25.4 Å². The zero-order chi connectivity index (χ0) is 32.7. The van der Waals surface area contributed by atoms with Crippen LogP contribution in [0.25, 0.3) is 32.7 Å². The van der Waals surface area contributed by atoms with Crippen LogP contribution >= 0.6 is 107 Å². The normalized spacial score (nSPS) is 16.6. The van der Waals surface area contributed by atoms with E-state index in [4.69, 9.17) is 0 Å². The molecule has 0 saturated carbocycles. The largest absolute Gasteiger partial charge is 0.179 e. The molecule has 0 spiro atoms. The van der Waals surface area contributed by atoms with Gasteiger partial charge in [0.2, 0.25) is 0 Å². The van der Waals surface area contributed by atoms with Crippen LogP contribution in [0.3, 0.4) is 0 Å². The molecule has 0 atom stereocenters. The Morgan fingerprint density at radius 3 is 1.60 bits per heavy atom. The monoisotopic (exact) mass is 796 g/mol. The maximum Gasteiger partial charge on any atom is 0.0717 e. The number of benzene rings is 4. The van der Waals surface area contributed by atoms with Gasteiger partial charge in [-0.1, -0.05) is 158 Å². The van der Waals surface area contributed by atoms with Gasteiger partial charge in [-0.25, -0.2) is 0 Å². The maximum atomic E-state index is 4.33. The van der Waals surface area contributed by atoms with E-state index in [0.29, 0.717) is 0 Å². The van der Waals surface area contributed by atoms with E-state index in [0.717, 1.165) is 17.3 Å². The molecule has 4 aromatic carbocycles. The zero-order valence-electron chi connectivity index (χ0n) is 27.1. The fourth-order valence-electron chi connectivity index (χ4n) is 6.29. The molecule has 4 aromatic rings. The number of thioether (sulfide) groups is 8. The SMILES string of the molecule is CSC1=C(SCCCCCCCCCCS)SC(=C2SC3=C(SCc4ccc5ccccc5c4-c4c(ccc5ccccc45)CS3)S2)S1. The highest BCUT2D eigenvalue weighted by molar-refractivity contribution is 8.45. The summed E-state index contributed by atoms with van der Waals surface area (Å²) >= 11 is 20.5. The first-order valence-electron chi connectivity index (χ1n) is 16.7. The zero-order valence-corrected chi connectivity index (χ0v) is 34.6.